The van der Waals surface area contributed by atoms with E-state index in [9.17, 15) is 9.90 Å². The lowest BCUT2D eigenvalue weighted by Crippen LogP contribution is -2.29. The van der Waals surface area contributed by atoms with Crippen LogP contribution in [-0.2, 0) is 13.5 Å². The molecule has 4 rings (SSSR count). The normalized spacial score (nSPS) is 12.0. The van der Waals surface area contributed by atoms with E-state index in [1.807, 2.05) is 54.6 Å². The molecule has 0 aliphatic rings. The number of pyridine rings is 1. The summed E-state index contributed by atoms with van der Waals surface area (Å²) < 4.78 is 12.8. The number of aromatic nitrogens is 1. The van der Waals surface area contributed by atoms with Crippen LogP contribution in [0.3, 0.4) is 0 Å². The van der Waals surface area contributed by atoms with E-state index in [4.69, 9.17) is 9.47 Å². The Hall–Kier alpha value is -3.61. The molecule has 0 saturated heterocycles. The lowest BCUT2D eigenvalue weighted by Gasteiger charge is -2.14. The quantitative estimate of drug-likeness (QED) is 0.306. The first-order valence-corrected chi connectivity index (χ1v) is 12.3. The van der Waals surface area contributed by atoms with Crippen LogP contribution in [0.1, 0.15) is 17.5 Å². The number of hydrogen-bond acceptors (Lipinski definition) is 5. The van der Waals surface area contributed by atoms with Crippen molar-refractivity contribution in [1.29, 1.82) is 0 Å². The second kappa shape index (κ2) is 11.9. The van der Waals surface area contributed by atoms with Gasteiger partial charge in [0.15, 0.2) is 0 Å². The number of methoxy groups -OCH3 is 1. The maximum atomic E-state index is 12.9. The Morgan fingerprint density at radius 3 is 2.50 bits per heavy atom. The number of fused-ring (bicyclic) bond motifs is 1. The predicted octanol–water partition coefficient (Wildman–Crippen LogP) is 4.48. The summed E-state index contributed by atoms with van der Waals surface area (Å²) in [7, 11) is 3.38. The van der Waals surface area contributed by atoms with Crippen molar-refractivity contribution >= 4 is 10.8 Å². The minimum atomic E-state index is -0.410. The first-order chi connectivity index (χ1) is 17.5. The van der Waals surface area contributed by atoms with Crippen molar-refractivity contribution in [2.75, 3.05) is 26.8 Å². The van der Waals surface area contributed by atoms with Crippen molar-refractivity contribution < 1.29 is 14.6 Å². The van der Waals surface area contributed by atoms with Gasteiger partial charge in [0.05, 0.1) is 30.9 Å². The maximum Gasteiger partial charge on any atom is 0.258 e. The summed E-state index contributed by atoms with van der Waals surface area (Å²) in [5.74, 6) is 1.45. The number of hydrogen-bond donors (Lipinski definition) is 2. The Morgan fingerprint density at radius 1 is 1.00 bits per heavy atom. The monoisotopic (exact) mass is 486 g/mol. The Balaban J connectivity index is 1.26. The molecule has 0 amide bonds. The summed E-state index contributed by atoms with van der Waals surface area (Å²) in [5.41, 5.74) is 4.13. The molecule has 0 aliphatic carbocycles. The summed E-state index contributed by atoms with van der Waals surface area (Å²) in [4.78, 5) is 12.9. The van der Waals surface area contributed by atoms with Crippen molar-refractivity contribution in [3.8, 4) is 22.8 Å². The molecule has 36 heavy (non-hydrogen) atoms. The van der Waals surface area contributed by atoms with Gasteiger partial charge in [-0.2, -0.15) is 0 Å². The molecule has 0 radical (unpaired) electrons. The molecule has 0 spiro atoms. The molecule has 2 N–H and O–H groups in total. The van der Waals surface area contributed by atoms with Gasteiger partial charge in [-0.1, -0.05) is 30.3 Å². The van der Waals surface area contributed by atoms with Crippen LogP contribution in [-0.4, -0.2) is 42.6 Å². The van der Waals surface area contributed by atoms with E-state index >= 15 is 0 Å². The molecule has 4 aromatic rings. The first kappa shape index (κ1) is 25.5. The maximum absolute atomic E-state index is 12.9. The lowest BCUT2D eigenvalue weighted by molar-refractivity contribution is 0.170. The van der Waals surface area contributed by atoms with E-state index in [0.29, 0.717) is 30.7 Å². The highest BCUT2D eigenvalue weighted by atomic mass is 16.5. The van der Waals surface area contributed by atoms with E-state index in [0.717, 1.165) is 35.4 Å². The van der Waals surface area contributed by atoms with Crippen molar-refractivity contribution in [3.63, 3.8) is 0 Å². The van der Waals surface area contributed by atoms with Gasteiger partial charge in [0.1, 0.15) is 11.5 Å². The van der Waals surface area contributed by atoms with E-state index in [1.165, 1.54) is 11.1 Å². The van der Waals surface area contributed by atoms with Crippen LogP contribution in [0.15, 0.2) is 77.6 Å². The van der Waals surface area contributed by atoms with Crippen molar-refractivity contribution in [1.82, 2.24) is 9.88 Å². The van der Waals surface area contributed by atoms with Gasteiger partial charge >= 0.3 is 0 Å². The zero-order valence-corrected chi connectivity index (χ0v) is 21.2. The van der Waals surface area contributed by atoms with Gasteiger partial charge in [-0.05, 0) is 90.9 Å². The summed E-state index contributed by atoms with van der Waals surface area (Å²) >= 11 is 0. The minimum absolute atomic E-state index is 0.0572. The van der Waals surface area contributed by atoms with Crippen molar-refractivity contribution in [2.45, 2.75) is 25.9 Å². The first-order valence-electron chi connectivity index (χ1n) is 12.3. The fraction of sp³-hybridized carbons (Fsp3) is 0.300. The van der Waals surface area contributed by atoms with Gasteiger partial charge in [0, 0.05) is 13.6 Å². The third-order valence-electron chi connectivity index (χ3n) is 6.46. The van der Waals surface area contributed by atoms with Gasteiger partial charge in [0.2, 0.25) is 0 Å². The average molecular weight is 487 g/mol. The van der Waals surface area contributed by atoms with Crippen molar-refractivity contribution in [2.24, 2.45) is 7.05 Å². The standard InChI is InChI=1S/C30H34N2O4/c1-21-7-4-5-8-23(21)17-25(33)20-31-15-6-16-36-26-12-9-22(10-13-26)29-18-24-11-14-27(35-3)19-28(24)30(34)32(29)2/h4-5,7-14,18-19,25,31,33H,6,15-17,20H2,1-3H3. The second-order valence-corrected chi connectivity index (χ2v) is 9.06. The average Bonchev–Trinajstić information content (AvgIpc) is 2.89. The van der Waals surface area contributed by atoms with E-state index in [-0.39, 0.29) is 5.56 Å². The molecule has 0 fully saturated rings. The molecule has 6 nitrogen and oxygen atoms in total. The highest BCUT2D eigenvalue weighted by molar-refractivity contribution is 5.86. The van der Waals surface area contributed by atoms with Gasteiger partial charge in [-0.3, -0.25) is 4.79 Å². The number of aliphatic hydroxyl groups is 1. The van der Waals surface area contributed by atoms with Crippen LogP contribution < -0.4 is 20.3 Å². The number of aryl methyl sites for hydroxylation is 1. The third-order valence-corrected chi connectivity index (χ3v) is 6.46. The molecule has 188 valence electrons. The zero-order chi connectivity index (χ0) is 25.5. The molecule has 1 unspecified atom stereocenters. The SMILES string of the molecule is COc1ccc2cc(-c3ccc(OCCCNCC(O)Cc4ccccc4C)cc3)n(C)c(=O)c2c1. The molecule has 0 saturated carbocycles. The molecule has 6 heteroatoms. The van der Waals surface area contributed by atoms with E-state index < -0.39 is 6.10 Å². The largest absolute Gasteiger partial charge is 0.497 e. The van der Waals surface area contributed by atoms with Crippen LogP contribution in [0.4, 0.5) is 0 Å². The fourth-order valence-electron chi connectivity index (χ4n) is 4.33. The van der Waals surface area contributed by atoms with Crippen LogP contribution in [0, 0.1) is 6.92 Å². The molecule has 0 bridgehead atoms. The Labute approximate surface area is 212 Å². The zero-order valence-electron chi connectivity index (χ0n) is 21.2. The van der Waals surface area contributed by atoms with Gasteiger partial charge in [-0.25, -0.2) is 0 Å². The van der Waals surface area contributed by atoms with Crippen LogP contribution in [0.25, 0.3) is 22.0 Å². The molecule has 3 aromatic carbocycles. The fourth-order valence-corrected chi connectivity index (χ4v) is 4.33. The number of aliphatic hydroxyl groups excluding tert-OH is 1. The van der Waals surface area contributed by atoms with Crippen LogP contribution >= 0.6 is 0 Å². The Morgan fingerprint density at radius 2 is 1.75 bits per heavy atom. The van der Waals surface area contributed by atoms with Crippen molar-refractivity contribution in [3.05, 3.63) is 94.3 Å². The van der Waals surface area contributed by atoms with E-state index in [1.54, 1.807) is 24.8 Å². The number of nitrogens with one attached hydrogen (secondary N) is 1. The van der Waals surface area contributed by atoms with Gasteiger partial charge in [-0.15, -0.1) is 0 Å². The summed E-state index contributed by atoms with van der Waals surface area (Å²) in [6.45, 7) is 3.98. The molecular weight excluding hydrogens is 452 g/mol. The smallest absolute Gasteiger partial charge is 0.258 e. The number of rotatable bonds is 11. The summed E-state index contributed by atoms with van der Waals surface area (Å²) in [5, 5.41) is 15.1. The number of ether oxygens (including phenoxy) is 2. The molecule has 1 aromatic heterocycles. The van der Waals surface area contributed by atoms with E-state index in [2.05, 4.69) is 24.4 Å². The van der Waals surface area contributed by atoms with Gasteiger partial charge in [0.25, 0.3) is 5.56 Å². The summed E-state index contributed by atoms with van der Waals surface area (Å²) in [6.07, 6.45) is 1.08. The minimum Gasteiger partial charge on any atom is -0.497 e. The van der Waals surface area contributed by atoms with Gasteiger partial charge < -0.3 is 24.5 Å². The predicted molar refractivity (Wildman–Crippen MR) is 145 cm³/mol. The Bertz CT molecular complexity index is 1360. The molecule has 1 heterocycles. The highest BCUT2D eigenvalue weighted by Crippen LogP contribution is 2.26. The topological polar surface area (TPSA) is 72.7 Å². The molecular formula is C30H34N2O4. The highest BCUT2D eigenvalue weighted by Gasteiger charge is 2.10. The second-order valence-electron chi connectivity index (χ2n) is 9.06. The number of nitrogens with zero attached hydrogens (tertiary/aromatic N) is 1. The number of benzene rings is 3. The van der Waals surface area contributed by atoms with Crippen LogP contribution in [0.5, 0.6) is 11.5 Å². The van der Waals surface area contributed by atoms with Crippen LogP contribution in [0.2, 0.25) is 0 Å². The molecule has 0 aliphatic heterocycles. The lowest BCUT2D eigenvalue weighted by atomic mass is 10.0. The molecule has 1 atom stereocenters. The third kappa shape index (κ3) is 6.14. The Kier molecular flexibility index (Phi) is 8.41. The summed E-state index contributed by atoms with van der Waals surface area (Å²) in [6, 6.07) is 23.5.